The molecule has 4 nitrogen and oxygen atoms in total. The lowest BCUT2D eigenvalue weighted by atomic mass is 10.1. The van der Waals surface area contributed by atoms with Crippen molar-refractivity contribution in [1.29, 1.82) is 0 Å². The van der Waals surface area contributed by atoms with Crippen LogP contribution in [0, 0.1) is 13.8 Å². The fourth-order valence-electron chi connectivity index (χ4n) is 2.54. The van der Waals surface area contributed by atoms with Crippen LogP contribution in [0.4, 0.5) is 5.69 Å². The van der Waals surface area contributed by atoms with E-state index in [4.69, 9.17) is 4.74 Å². The summed E-state index contributed by atoms with van der Waals surface area (Å²) in [6.45, 7) is 4.06. The molecule has 0 bridgehead atoms. The molecule has 1 N–H and O–H groups in total. The summed E-state index contributed by atoms with van der Waals surface area (Å²) in [4.78, 5) is 17.3. The highest BCUT2D eigenvalue weighted by Gasteiger charge is 2.24. The van der Waals surface area contributed by atoms with Crippen molar-refractivity contribution >= 4 is 34.6 Å². The topological polar surface area (TPSA) is 50.7 Å². The van der Waals surface area contributed by atoms with Crippen molar-refractivity contribution in [2.24, 2.45) is 4.99 Å². The number of para-hydroxylation sites is 1. The standard InChI is InChI=1S/C19H18N2O2S/c1-12-8-13(2)10-15(9-12)20-19-21-18(22)17(24-19)11-14-6-4-5-7-16(14)23-3/h4-11H,1-3H3,(H,20,21,22). The summed E-state index contributed by atoms with van der Waals surface area (Å²) >= 11 is 1.33. The van der Waals surface area contributed by atoms with E-state index in [1.54, 1.807) is 7.11 Å². The minimum atomic E-state index is -0.144. The fraction of sp³-hybridized carbons (Fsp3) is 0.158. The van der Waals surface area contributed by atoms with Crippen molar-refractivity contribution in [2.75, 3.05) is 7.11 Å². The summed E-state index contributed by atoms with van der Waals surface area (Å²) in [6, 6.07) is 13.7. The molecule has 2 aromatic rings. The minimum Gasteiger partial charge on any atom is -0.496 e. The highest BCUT2D eigenvalue weighted by Crippen LogP contribution is 2.30. The lowest BCUT2D eigenvalue weighted by Gasteiger charge is -2.03. The van der Waals surface area contributed by atoms with Crippen LogP contribution in [-0.2, 0) is 4.79 Å². The Morgan fingerprint density at radius 2 is 1.83 bits per heavy atom. The highest BCUT2D eigenvalue weighted by atomic mass is 32.2. The molecule has 0 aliphatic carbocycles. The van der Waals surface area contributed by atoms with Crippen LogP contribution >= 0.6 is 11.8 Å². The van der Waals surface area contributed by atoms with Gasteiger partial charge in [-0.2, -0.15) is 0 Å². The van der Waals surface area contributed by atoms with Gasteiger partial charge in [-0.3, -0.25) is 4.79 Å². The number of nitrogens with zero attached hydrogens (tertiary/aromatic N) is 1. The van der Waals surface area contributed by atoms with Gasteiger partial charge in [-0.05, 0) is 61.0 Å². The van der Waals surface area contributed by atoms with Crippen LogP contribution in [0.15, 0.2) is 52.4 Å². The van der Waals surface area contributed by atoms with Gasteiger partial charge < -0.3 is 10.1 Å². The van der Waals surface area contributed by atoms with Gasteiger partial charge in [0.05, 0.1) is 17.7 Å². The zero-order valence-corrected chi connectivity index (χ0v) is 14.6. The third-order valence-corrected chi connectivity index (χ3v) is 4.42. The first-order valence-corrected chi connectivity index (χ1v) is 8.38. The molecule has 122 valence electrons. The van der Waals surface area contributed by atoms with Gasteiger partial charge in [-0.1, -0.05) is 24.3 Å². The van der Waals surface area contributed by atoms with Crippen LogP contribution in [0.25, 0.3) is 6.08 Å². The molecular formula is C19H18N2O2S. The number of benzene rings is 2. The molecular weight excluding hydrogens is 320 g/mol. The molecule has 2 aromatic carbocycles. The summed E-state index contributed by atoms with van der Waals surface area (Å²) in [7, 11) is 1.62. The molecule has 5 heteroatoms. The van der Waals surface area contributed by atoms with E-state index in [0.717, 1.165) is 28.1 Å². The van der Waals surface area contributed by atoms with Crippen LogP contribution < -0.4 is 10.1 Å². The molecule has 1 aliphatic heterocycles. The van der Waals surface area contributed by atoms with E-state index in [-0.39, 0.29) is 5.91 Å². The number of methoxy groups -OCH3 is 1. The van der Waals surface area contributed by atoms with Gasteiger partial charge in [0.25, 0.3) is 5.91 Å². The second-order valence-corrected chi connectivity index (χ2v) is 6.60. The molecule has 0 atom stereocenters. The summed E-state index contributed by atoms with van der Waals surface area (Å²) in [6.07, 6.45) is 1.82. The first-order valence-electron chi connectivity index (χ1n) is 7.56. The number of hydrogen-bond donors (Lipinski definition) is 1. The van der Waals surface area contributed by atoms with E-state index in [1.807, 2.05) is 56.3 Å². The maximum Gasteiger partial charge on any atom is 0.264 e. The largest absolute Gasteiger partial charge is 0.496 e. The number of aryl methyl sites for hydroxylation is 2. The second kappa shape index (κ2) is 6.93. The summed E-state index contributed by atoms with van der Waals surface area (Å²) in [5.41, 5.74) is 4.00. The predicted molar refractivity (Wildman–Crippen MR) is 99.7 cm³/mol. The summed E-state index contributed by atoms with van der Waals surface area (Å²) in [5.74, 6) is 0.590. The second-order valence-electron chi connectivity index (χ2n) is 5.57. The van der Waals surface area contributed by atoms with Gasteiger partial charge in [0.15, 0.2) is 5.17 Å². The third kappa shape index (κ3) is 3.68. The van der Waals surface area contributed by atoms with Gasteiger partial charge in [0, 0.05) is 5.56 Å². The third-order valence-electron chi connectivity index (χ3n) is 3.51. The number of hydrogen-bond acceptors (Lipinski definition) is 4. The molecule has 0 aromatic heterocycles. The maximum absolute atomic E-state index is 12.2. The van der Waals surface area contributed by atoms with E-state index in [9.17, 15) is 4.79 Å². The average molecular weight is 338 g/mol. The van der Waals surface area contributed by atoms with Crippen molar-refractivity contribution in [2.45, 2.75) is 13.8 Å². The molecule has 1 fully saturated rings. The summed E-state index contributed by atoms with van der Waals surface area (Å²) in [5, 5.41) is 3.40. The average Bonchev–Trinajstić information content (AvgIpc) is 2.86. The number of rotatable bonds is 3. The van der Waals surface area contributed by atoms with Crippen LogP contribution in [0.5, 0.6) is 5.75 Å². The Morgan fingerprint density at radius 3 is 2.54 bits per heavy atom. The van der Waals surface area contributed by atoms with Crippen LogP contribution in [-0.4, -0.2) is 18.2 Å². The molecule has 0 radical (unpaired) electrons. The Morgan fingerprint density at radius 1 is 1.12 bits per heavy atom. The number of amidine groups is 1. The lowest BCUT2D eigenvalue weighted by Crippen LogP contribution is -2.19. The molecule has 24 heavy (non-hydrogen) atoms. The van der Waals surface area contributed by atoms with E-state index >= 15 is 0 Å². The zero-order valence-electron chi connectivity index (χ0n) is 13.8. The highest BCUT2D eigenvalue weighted by molar-refractivity contribution is 8.18. The van der Waals surface area contributed by atoms with E-state index in [0.29, 0.717) is 10.1 Å². The Balaban J connectivity index is 1.88. The van der Waals surface area contributed by atoms with Crippen molar-refractivity contribution in [3.63, 3.8) is 0 Å². The molecule has 0 unspecified atom stereocenters. The lowest BCUT2D eigenvalue weighted by molar-refractivity contribution is -0.115. The first kappa shape index (κ1) is 16.3. The monoisotopic (exact) mass is 338 g/mol. The zero-order chi connectivity index (χ0) is 17.1. The van der Waals surface area contributed by atoms with E-state index in [1.165, 1.54) is 11.8 Å². The minimum absolute atomic E-state index is 0.144. The number of carbonyl (C=O) groups excluding carboxylic acids is 1. The first-order chi connectivity index (χ1) is 11.5. The Hall–Kier alpha value is -2.53. The molecule has 3 rings (SSSR count). The molecule has 1 heterocycles. The fourth-order valence-corrected chi connectivity index (χ4v) is 3.37. The van der Waals surface area contributed by atoms with E-state index < -0.39 is 0 Å². The van der Waals surface area contributed by atoms with Crippen LogP contribution in [0.2, 0.25) is 0 Å². The Bertz CT molecular complexity index is 836. The van der Waals surface area contributed by atoms with Gasteiger partial charge in [0.1, 0.15) is 5.75 Å². The van der Waals surface area contributed by atoms with Crippen LogP contribution in [0.1, 0.15) is 16.7 Å². The van der Waals surface area contributed by atoms with Crippen molar-refractivity contribution < 1.29 is 9.53 Å². The maximum atomic E-state index is 12.2. The number of nitrogens with one attached hydrogen (secondary N) is 1. The number of aliphatic imine (C=N–C) groups is 1. The van der Waals surface area contributed by atoms with E-state index in [2.05, 4.69) is 16.4 Å². The Kier molecular flexibility index (Phi) is 4.71. The van der Waals surface area contributed by atoms with Gasteiger partial charge in [-0.15, -0.1) is 0 Å². The van der Waals surface area contributed by atoms with Crippen molar-refractivity contribution in [1.82, 2.24) is 5.32 Å². The van der Waals surface area contributed by atoms with Crippen LogP contribution in [0.3, 0.4) is 0 Å². The molecule has 0 spiro atoms. The van der Waals surface area contributed by atoms with Crippen molar-refractivity contribution in [3.05, 3.63) is 64.1 Å². The Labute approximate surface area is 145 Å². The SMILES string of the molecule is COc1ccccc1C=C1SC(=Nc2cc(C)cc(C)c2)NC1=O. The number of amides is 1. The predicted octanol–water partition coefficient (Wildman–Crippen LogP) is 4.20. The number of ether oxygens (including phenoxy) is 1. The molecule has 1 aliphatic rings. The quantitative estimate of drug-likeness (QED) is 0.853. The van der Waals surface area contributed by atoms with Gasteiger partial charge >= 0.3 is 0 Å². The molecule has 0 saturated carbocycles. The normalized spacial score (nSPS) is 17.4. The number of thioether (sulfide) groups is 1. The summed E-state index contributed by atoms with van der Waals surface area (Å²) < 4.78 is 5.32. The smallest absolute Gasteiger partial charge is 0.264 e. The van der Waals surface area contributed by atoms with Gasteiger partial charge in [-0.25, -0.2) is 4.99 Å². The molecule has 1 saturated heterocycles. The van der Waals surface area contributed by atoms with Gasteiger partial charge in [0.2, 0.25) is 0 Å². The number of carbonyl (C=O) groups is 1. The van der Waals surface area contributed by atoms with Crippen molar-refractivity contribution in [3.8, 4) is 5.75 Å². The molecule has 1 amide bonds.